The van der Waals surface area contributed by atoms with Crippen LogP contribution in [0.2, 0.25) is 0 Å². The van der Waals surface area contributed by atoms with Gasteiger partial charge in [0.25, 0.3) is 0 Å². The van der Waals surface area contributed by atoms with Crippen LogP contribution < -0.4 is 0 Å². The summed E-state index contributed by atoms with van der Waals surface area (Å²) in [7, 11) is 0. The smallest absolute Gasteiger partial charge is 0.115 e. The van der Waals surface area contributed by atoms with E-state index in [1.54, 1.807) is 12.1 Å². The first-order valence-electron chi connectivity index (χ1n) is 6.94. The molecule has 0 aromatic heterocycles. The quantitative estimate of drug-likeness (QED) is 0.808. The maximum Gasteiger partial charge on any atom is 0.115 e. The van der Waals surface area contributed by atoms with Gasteiger partial charge in [0, 0.05) is 0 Å². The molecule has 1 heteroatoms. The Balaban J connectivity index is 2.05. The standard InChI is InChI=1S/C16H24O/c1-3-16(10-4-5-11-16)13(2)12-14-6-8-15(17)9-7-14/h6-9,13,17H,3-5,10-12H2,1-2H3. The lowest BCUT2D eigenvalue weighted by atomic mass is 9.70. The fourth-order valence-corrected chi connectivity index (χ4v) is 3.48. The first-order valence-corrected chi connectivity index (χ1v) is 6.94. The molecule has 0 amide bonds. The average molecular weight is 232 g/mol. The Morgan fingerprint density at radius 3 is 2.29 bits per heavy atom. The lowest BCUT2D eigenvalue weighted by Gasteiger charge is -2.35. The number of hydrogen-bond acceptors (Lipinski definition) is 1. The van der Waals surface area contributed by atoms with Crippen molar-refractivity contribution in [1.82, 2.24) is 0 Å². The van der Waals surface area contributed by atoms with Crippen molar-refractivity contribution in [2.24, 2.45) is 11.3 Å². The minimum absolute atomic E-state index is 0.368. The third-order valence-corrected chi connectivity index (χ3v) is 4.83. The molecule has 1 fully saturated rings. The van der Waals surface area contributed by atoms with Gasteiger partial charge in [0.05, 0.1) is 0 Å². The molecule has 0 radical (unpaired) electrons. The molecular formula is C16H24O. The van der Waals surface area contributed by atoms with Gasteiger partial charge < -0.3 is 5.11 Å². The van der Waals surface area contributed by atoms with Gasteiger partial charge in [0.15, 0.2) is 0 Å². The van der Waals surface area contributed by atoms with E-state index < -0.39 is 0 Å². The van der Waals surface area contributed by atoms with Crippen LogP contribution in [0, 0.1) is 11.3 Å². The van der Waals surface area contributed by atoms with Crippen molar-refractivity contribution in [3.05, 3.63) is 29.8 Å². The minimum Gasteiger partial charge on any atom is -0.508 e. The van der Waals surface area contributed by atoms with E-state index in [-0.39, 0.29) is 0 Å². The van der Waals surface area contributed by atoms with Crippen molar-refractivity contribution in [2.75, 3.05) is 0 Å². The maximum atomic E-state index is 9.30. The van der Waals surface area contributed by atoms with E-state index in [2.05, 4.69) is 26.0 Å². The second-order valence-corrected chi connectivity index (χ2v) is 5.69. The van der Waals surface area contributed by atoms with Crippen LogP contribution in [-0.4, -0.2) is 5.11 Å². The number of phenols is 1. The number of phenolic OH excluding ortho intramolecular Hbond substituents is 1. The number of benzene rings is 1. The summed E-state index contributed by atoms with van der Waals surface area (Å²) in [5.41, 5.74) is 1.94. The van der Waals surface area contributed by atoms with Crippen molar-refractivity contribution in [3.63, 3.8) is 0 Å². The Hall–Kier alpha value is -0.980. The predicted molar refractivity (Wildman–Crippen MR) is 72.2 cm³/mol. The predicted octanol–water partition coefficient (Wildman–Crippen LogP) is 4.54. The Morgan fingerprint density at radius 1 is 1.18 bits per heavy atom. The second kappa shape index (κ2) is 5.12. The molecule has 1 aliphatic carbocycles. The van der Waals surface area contributed by atoms with Gasteiger partial charge in [0.1, 0.15) is 5.75 Å². The molecular weight excluding hydrogens is 208 g/mol. The van der Waals surface area contributed by atoms with Gasteiger partial charge in [-0.15, -0.1) is 0 Å². The Morgan fingerprint density at radius 2 is 1.76 bits per heavy atom. The molecule has 0 heterocycles. The summed E-state index contributed by atoms with van der Waals surface area (Å²) in [4.78, 5) is 0. The first kappa shape index (κ1) is 12.5. The number of hydrogen-bond donors (Lipinski definition) is 1. The fourth-order valence-electron chi connectivity index (χ4n) is 3.48. The van der Waals surface area contributed by atoms with Crippen molar-refractivity contribution in [1.29, 1.82) is 0 Å². The summed E-state index contributed by atoms with van der Waals surface area (Å²) in [6.45, 7) is 4.75. The third-order valence-electron chi connectivity index (χ3n) is 4.83. The maximum absolute atomic E-state index is 9.30. The highest BCUT2D eigenvalue weighted by molar-refractivity contribution is 5.26. The summed E-state index contributed by atoms with van der Waals surface area (Å²) in [6, 6.07) is 7.72. The molecule has 1 saturated carbocycles. The van der Waals surface area contributed by atoms with Crippen LogP contribution in [0.5, 0.6) is 5.75 Å². The zero-order valence-corrected chi connectivity index (χ0v) is 11.1. The molecule has 1 aromatic carbocycles. The van der Waals surface area contributed by atoms with Gasteiger partial charge in [-0.05, 0) is 48.3 Å². The molecule has 0 saturated heterocycles. The molecule has 1 aliphatic rings. The summed E-state index contributed by atoms with van der Waals surface area (Å²) in [5.74, 6) is 1.12. The summed E-state index contributed by atoms with van der Waals surface area (Å²) in [6.07, 6.45) is 8.09. The number of aromatic hydroxyl groups is 1. The van der Waals surface area contributed by atoms with E-state index in [9.17, 15) is 5.11 Å². The van der Waals surface area contributed by atoms with Crippen molar-refractivity contribution in [2.45, 2.75) is 52.4 Å². The highest BCUT2D eigenvalue weighted by Crippen LogP contribution is 2.47. The summed E-state index contributed by atoms with van der Waals surface area (Å²) in [5, 5.41) is 9.30. The van der Waals surface area contributed by atoms with E-state index in [0.717, 1.165) is 12.3 Å². The van der Waals surface area contributed by atoms with Crippen molar-refractivity contribution >= 4 is 0 Å². The second-order valence-electron chi connectivity index (χ2n) is 5.69. The molecule has 1 aromatic rings. The normalized spacial score (nSPS) is 20.4. The van der Waals surface area contributed by atoms with Crippen LogP contribution in [0.4, 0.5) is 0 Å². The minimum atomic E-state index is 0.368. The van der Waals surface area contributed by atoms with Crippen molar-refractivity contribution in [3.8, 4) is 5.75 Å². The average Bonchev–Trinajstić information content (AvgIpc) is 2.82. The molecule has 1 N–H and O–H groups in total. The largest absolute Gasteiger partial charge is 0.508 e. The van der Waals surface area contributed by atoms with E-state index in [1.165, 1.54) is 37.7 Å². The molecule has 1 unspecified atom stereocenters. The van der Waals surface area contributed by atoms with Gasteiger partial charge in [-0.2, -0.15) is 0 Å². The molecule has 0 bridgehead atoms. The SMILES string of the molecule is CCC1(C(C)Cc2ccc(O)cc2)CCCC1. The summed E-state index contributed by atoms with van der Waals surface area (Å²) >= 11 is 0. The number of rotatable bonds is 4. The molecule has 94 valence electrons. The van der Waals surface area contributed by atoms with Gasteiger partial charge in [-0.25, -0.2) is 0 Å². The molecule has 17 heavy (non-hydrogen) atoms. The van der Waals surface area contributed by atoms with Crippen LogP contribution in [0.3, 0.4) is 0 Å². The Labute approximate surface area is 105 Å². The first-order chi connectivity index (χ1) is 8.16. The lowest BCUT2D eigenvalue weighted by molar-refractivity contribution is 0.172. The van der Waals surface area contributed by atoms with Gasteiger partial charge in [-0.3, -0.25) is 0 Å². The zero-order valence-electron chi connectivity index (χ0n) is 11.1. The van der Waals surface area contributed by atoms with Gasteiger partial charge in [0.2, 0.25) is 0 Å². The van der Waals surface area contributed by atoms with Crippen LogP contribution in [0.1, 0.15) is 51.5 Å². The molecule has 1 atom stereocenters. The van der Waals surface area contributed by atoms with Crippen molar-refractivity contribution < 1.29 is 5.11 Å². The van der Waals surface area contributed by atoms with E-state index >= 15 is 0 Å². The fraction of sp³-hybridized carbons (Fsp3) is 0.625. The molecule has 0 spiro atoms. The topological polar surface area (TPSA) is 20.2 Å². The van der Waals surface area contributed by atoms with E-state index in [1.807, 2.05) is 0 Å². The van der Waals surface area contributed by atoms with Crippen LogP contribution >= 0.6 is 0 Å². The molecule has 0 aliphatic heterocycles. The monoisotopic (exact) mass is 232 g/mol. The van der Waals surface area contributed by atoms with Crippen LogP contribution in [0.15, 0.2) is 24.3 Å². The lowest BCUT2D eigenvalue weighted by Crippen LogP contribution is -2.26. The molecule has 1 nitrogen and oxygen atoms in total. The van der Waals surface area contributed by atoms with Crippen LogP contribution in [-0.2, 0) is 6.42 Å². The van der Waals surface area contributed by atoms with E-state index in [4.69, 9.17) is 0 Å². The highest BCUT2D eigenvalue weighted by Gasteiger charge is 2.36. The van der Waals surface area contributed by atoms with Gasteiger partial charge >= 0.3 is 0 Å². The molecule has 2 rings (SSSR count). The summed E-state index contributed by atoms with van der Waals surface area (Å²) < 4.78 is 0. The van der Waals surface area contributed by atoms with Gasteiger partial charge in [-0.1, -0.05) is 45.2 Å². The third kappa shape index (κ3) is 2.65. The van der Waals surface area contributed by atoms with Crippen LogP contribution in [0.25, 0.3) is 0 Å². The highest BCUT2D eigenvalue weighted by atomic mass is 16.3. The zero-order chi connectivity index (χ0) is 12.3. The Kier molecular flexibility index (Phi) is 3.76. The Bertz CT molecular complexity index is 346. The van der Waals surface area contributed by atoms with E-state index in [0.29, 0.717) is 11.2 Å².